The molecule has 0 saturated carbocycles. The van der Waals surface area contributed by atoms with Crippen LogP contribution >= 0.6 is 22.9 Å². The van der Waals surface area contributed by atoms with Crippen LogP contribution in [-0.2, 0) is 0 Å². The van der Waals surface area contributed by atoms with Crippen molar-refractivity contribution in [2.45, 2.75) is 0 Å². The Kier molecular flexibility index (Phi) is 3.63. The molecule has 2 aromatic carbocycles. The predicted octanol–water partition coefficient (Wildman–Crippen LogP) is 3.16. The first-order chi connectivity index (χ1) is 11.6. The highest BCUT2D eigenvalue weighted by Gasteiger charge is 2.12. The molecule has 0 bridgehead atoms. The summed E-state index contributed by atoms with van der Waals surface area (Å²) in [7, 11) is 0. The number of aromatic nitrogens is 3. The van der Waals surface area contributed by atoms with Gasteiger partial charge in [0.05, 0.1) is 4.53 Å². The smallest absolute Gasteiger partial charge is 0.266 e. The summed E-state index contributed by atoms with van der Waals surface area (Å²) in [4.78, 5) is 17.3. The third kappa shape index (κ3) is 2.70. The van der Waals surface area contributed by atoms with Crippen LogP contribution in [0, 0.1) is 5.82 Å². The minimum absolute atomic E-state index is 0.240. The zero-order chi connectivity index (χ0) is 16.7. The van der Waals surface area contributed by atoms with E-state index in [0.29, 0.717) is 25.9 Å². The van der Waals surface area contributed by atoms with Crippen molar-refractivity contribution in [3.63, 3.8) is 0 Å². The van der Waals surface area contributed by atoms with E-state index in [9.17, 15) is 9.18 Å². The van der Waals surface area contributed by atoms with Gasteiger partial charge in [-0.3, -0.25) is 4.79 Å². The molecule has 4 aromatic rings. The van der Waals surface area contributed by atoms with Crippen molar-refractivity contribution in [2.75, 3.05) is 0 Å². The molecule has 2 heterocycles. The van der Waals surface area contributed by atoms with Crippen molar-refractivity contribution in [3.05, 3.63) is 79.8 Å². The second kappa shape index (κ2) is 5.81. The minimum atomic E-state index is -0.331. The van der Waals surface area contributed by atoms with E-state index in [2.05, 4.69) is 10.1 Å². The fraction of sp³-hybridized carbons (Fsp3) is 0. The molecule has 4 nitrogen and oxygen atoms in total. The van der Waals surface area contributed by atoms with Crippen LogP contribution in [0.3, 0.4) is 0 Å². The van der Waals surface area contributed by atoms with Gasteiger partial charge in [0, 0.05) is 10.6 Å². The fourth-order valence-corrected chi connectivity index (χ4v) is 3.41. The van der Waals surface area contributed by atoms with Crippen LogP contribution in [0.1, 0.15) is 5.56 Å². The highest BCUT2D eigenvalue weighted by atomic mass is 35.5. The number of nitrogens with zero attached hydrogens (tertiary/aromatic N) is 3. The number of thiazole rings is 1. The molecule has 0 aliphatic carbocycles. The van der Waals surface area contributed by atoms with Crippen LogP contribution in [0.25, 0.3) is 22.4 Å². The number of hydrogen-bond donors (Lipinski definition) is 0. The Balaban J connectivity index is 1.81. The molecule has 118 valence electrons. The Labute approximate surface area is 144 Å². The average molecular weight is 358 g/mol. The van der Waals surface area contributed by atoms with E-state index in [1.165, 1.54) is 28.0 Å². The third-order valence-corrected chi connectivity index (χ3v) is 4.62. The SMILES string of the molecule is O=c1/c(=C/c2cccc(Cl)c2)sc2nc(-c3ccc(F)cc3)nn12. The van der Waals surface area contributed by atoms with Crippen LogP contribution in [0.5, 0.6) is 0 Å². The van der Waals surface area contributed by atoms with Gasteiger partial charge in [-0.2, -0.15) is 9.50 Å². The van der Waals surface area contributed by atoms with E-state index in [1.807, 2.05) is 12.1 Å². The Morgan fingerprint density at radius 2 is 1.96 bits per heavy atom. The largest absolute Gasteiger partial charge is 0.291 e. The lowest BCUT2D eigenvalue weighted by atomic mass is 10.2. The van der Waals surface area contributed by atoms with Crippen LogP contribution in [0.2, 0.25) is 5.02 Å². The topological polar surface area (TPSA) is 47.3 Å². The molecule has 7 heteroatoms. The van der Waals surface area contributed by atoms with Crippen molar-refractivity contribution in [2.24, 2.45) is 0 Å². The van der Waals surface area contributed by atoms with Crippen LogP contribution < -0.4 is 10.1 Å². The van der Waals surface area contributed by atoms with Gasteiger partial charge in [0.2, 0.25) is 4.96 Å². The summed E-state index contributed by atoms with van der Waals surface area (Å²) in [5.41, 5.74) is 1.26. The Morgan fingerprint density at radius 1 is 1.17 bits per heavy atom. The second-order valence-corrected chi connectivity index (χ2v) is 6.55. The lowest BCUT2D eigenvalue weighted by molar-refractivity contribution is 0.628. The van der Waals surface area contributed by atoms with E-state index in [4.69, 9.17) is 11.6 Å². The Bertz CT molecular complexity index is 1150. The van der Waals surface area contributed by atoms with Gasteiger partial charge in [-0.05, 0) is 48.0 Å². The maximum Gasteiger partial charge on any atom is 0.291 e. The zero-order valence-electron chi connectivity index (χ0n) is 12.1. The third-order valence-electron chi connectivity index (χ3n) is 3.43. The molecule has 0 aliphatic rings. The number of halogens is 2. The van der Waals surface area contributed by atoms with Gasteiger partial charge in [0.15, 0.2) is 5.82 Å². The molecule has 0 amide bonds. The quantitative estimate of drug-likeness (QED) is 0.553. The number of benzene rings is 2. The maximum atomic E-state index is 13.0. The van der Waals surface area contributed by atoms with Crippen molar-refractivity contribution in [1.29, 1.82) is 0 Å². The number of rotatable bonds is 2. The van der Waals surface area contributed by atoms with Gasteiger partial charge in [-0.15, -0.1) is 5.10 Å². The number of hydrogen-bond acceptors (Lipinski definition) is 4. The maximum absolute atomic E-state index is 13.0. The lowest BCUT2D eigenvalue weighted by Gasteiger charge is -1.93. The lowest BCUT2D eigenvalue weighted by Crippen LogP contribution is -2.23. The van der Waals surface area contributed by atoms with Crippen molar-refractivity contribution in [1.82, 2.24) is 14.6 Å². The Morgan fingerprint density at radius 3 is 2.67 bits per heavy atom. The summed E-state index contributed by atoms with van der Waals surface area (Å²) in [6.07, 6.45) is 1.76. The van der Waals surface area contributed by atoms with Crippen molar-refractivity contribution < 1.29 is 4.39 Å². The standard InChI is InChI=1S/C17H9ClFN3OS/c18-12-3-1-2-10(8-12)9-14-16(23)22-17(24-14)20-15(21-22)11-4-6-13(19)7-5-11/h1-9H/b14-9-. The summed E-state index contributed by atoms with van der Waals surface area (Å²) in [5, 5.41) is 4.83. The molecule has 24 heavy (non-hydrogen) atoms. The summed E-state index contributed by atoms with van der Waals surface area (Å²) in [6, 6.07) is 13.1. The monoisotopic (exact) mass is 357 g/mol. The molecular formula is C17H9ClFN3OS. The van der Waals surface area contributed by atoms with E-state index >= 15 is 0 Å². The minimum Gasteiger partial charge on any atom is -0.266 e. The van der Waals surface area contributed by atoms with Crippen LogP contribution in [0.15, 0.2) is 53.3 Å². The van der Waals surface area contributed by atoms with Gasteiger partial charge in [0.25, 0.3) is 5.56 Å². The Hall–Kier alpha value is -2.57. The second-order valence-electron chi connectivity index (χ2n) is 5.11. The normalized spacial score (nSPS) is 12.2. The average Bonchev–Trinajstić information content (AvgIpc) is 3.09. The van der Waals surface area contributed by atoms with Crippen molar-refractivity contribution in [3.8, 4) is 11.4 Å². The molecule has 0 aliphatic heterocycles. The summed E-state index contributed by atoms with van der Waals surface area (Å²) < 4.78 is 14.8. The molecular weight excluding hydrogens is 349 g/mol. The van der Waals surface area contributed by atoms with E-state index < -0.39 is 0 Å². The zero-order valence-corrected chi connectivity index (χ0v) is 13.7. The first-order valence-electron chi connectivity index (χ1n) is 7.03. The highest BCUT2D eigenvalue weighted by molar-refractivity contribution is 7.15. The predicted molar refractivity (Wildman–Crippen MR) is 92.8 cm³/mol. The van der Waals surface area contributed by atoms with Crippen LogP contribution in [-0.4, -0.2) is 14.6 Å². The highest BCUT2D eigenvalue weighted by Crippen LogP contribution is 2.17. The molecule has 0 N–H and O–H groups in total. The molecule has 0 radical (unpaired) electrons. The first kappa shape index (κ1) is 15.0. The molecule has 0 unspecified atom stereocenters. The van der Waals surface area contributed by atoms with Gasteiger partial charge < -0.3 is 0 Å². The molecule has 0 saturated heterocycles. The van der Waals surface area contributed by atoms with Crippen LogP contribution in [0.4, 0.5) is 4.39 Å². The summed E-state index contributed by atoms with van der Waals surface area (Å²) in [6.45, 7) is 0. The van der Waals surface area contributed by atoms with Gasteiger partial charge in [-0.25, -0.2) is 4.39 Å². The van der Waals surface area contributed by atoms with Gasteiger partial charge in [-0.1, -0.05) is 35.1 Å². The molecule has 0 spiro atoms. The van der Waals surface area contributed by atoms with Crippen molar-refractivity contribution >= 4 is 34.0 Å². The summed E-state index contributed by atoms with van der Waals surface area (Å²) in [5.74, 6) is 0.0651. The van der Waals surface area contributed by atoms with E-state index in [-0.39, 0.29) is 11.4 Å². The van der Waals surface area contributed by atoms with Gasteiger partial charge in [0.1, 0.15) is 5.82 Å². The fourth-order valence-electron chi connectivity index (χ4n) is 2.30. The molecule has 0 fully saturated rings. The molecule has 0 atom stereocenters. The molecule has 2 aromatic heterocycles. The van der Waals surface area contributed by atoms with E-state index in [1.54, 1.807) is 30.3 Å². The molecule has 4 rings (SSSR count). The number of fused-ring (bicyclic) bond motifs is 1. The summed E-state index contributed by atoms with van der Waals surface area (Å²) >= 11 is 7.20. The van der Waals surface area contributed by atoms with E-state index in [0.717, 1.165) is 5.56 Å². The van der Waals surface area contributed by atoms with Gasteiger partial charge >= 0.3 is 0 Å². The first-order valence-corrected chi connectivity index (χ1v) is 8.22.